The Labute approximate surface area is 101 Å². The predicted molar refractivity (Wildman–Crippen MR) is 67.7 cm³/mol. The van der Waals surface area contributed by atoms with Gasteiger partial charge in [0.25, 0.3) is 0 Å². The molecule has 0 saturated carbocycles. The molecule has 2 aromatic rings. The van der Waals surface area contributed by atoms with Crippen LogP contribution in [0, 0.1) is 0 Å². The van der Waals surface area contributed by atoms with E-state index in [2.05, 4.69) is 31.8 Å². The standard InChI is InChI=1S/C12H17N5/c1-3-8-17-9-7-16-12(17)10-11(13-4-2)15-6-5-14-10/h5-7,9H,3-4,8H2,1-2H3,(H,13,15). The van der Waals surface area contributed by atoms with Gasteiger partial charge < -0.3 is 9.88 Å². The van der Waals surface area contributed by atoms with Crippen LogP contribution in [0.2, 0.25) is 0 Å². The van der Waals surface area contributed by atoms with Gasteiger partial charge >= 0.3 is 0 Å². The Hall–Kier alpha value is -1.91. The van der Waals surface area contributed by atoms with E-state index in [1.807, 2.05) is 13.1 Å². The quantitative estimate of drug-likeness (QED) is 0.857. The summed E-state index contributed by atoms with van der Waals surface area (Å²) in [6, 6.07) is 0. The molecule has 2 aromatic heterocycles. The summed E-state index contributed by atoms with van der Waals surface area (Å²) in [7, 11) is 0. The summed E-state index contributed by atoms with van der Waals surface area (Å²) >= 11 is 0. The van der Waals surface area contributed by atoms with Crippen molar-refractivity contribution < 1.29 is 0 Å². The zero-order valence-corrected chi connectivity index (χ0v) is 10.2. The molecule has 0 amide bonds. The lowest BCUT2D eigenvalue weighted by atomic mass is 10.3. The number of nitrogens with one attached hydrogen (secondary N) is 1. The highest BCUT2D eigenvalue weighted by Crippen LogP contribution is 2.21. The number of nitrogens with zero attached hydrogens (tertiary/aromatic N) is 4. The first-order valence-electron chi connectivity index (χ1n) is 5.93. The number of hydrogen-bond acceptors (Lipinski definition) is 4. The Morgan fingerprint density at radius 2 is 1.94 bits per heavy atom. The summed E-state index contributed by atoms with van der Waals surface area (Å²) in [6.45, 7) is 5.94. The first-order chi connectivity index (χ1) is 8.36. The van der Waals surface area contributed by atoms with Crippen LogP contribution < -0.4 is 5.32 Å². The zero-order chi connectivity index (χ0) is 12.1. The van der Waals surface area contributed by atoms with Gasteiger partial charge in [-0.15, -0.1) is 0 Å². The van der Waals surface area contributed by atoms with Crippen LogP contribution in [0.3, 0.4) is 0 Å². The second kappa shape index (κ2) is 5.43. The second-order valence-corrected chi connectivity index (χ2v) is 3.73. The van der Waals surface area contributed by atoms with E-state index < -0.39 is 0 Å². The minimum Gasteiger partial charge on any atom is -0.368 e. The molecule has 0 saturated heterocycles. The molecule has 0 aliphatic rings. The van der Waals surface area contributed by atoms with E-state index in [0.717, 1.165) is 36.8 Å². The van der Waals surface area contributed by atoms with E-state index in [-0.39, 0.29) is 0 Å². The Bertz CT molecular complexity index is 477. The van der Waals surface area contributed by atoms with Crippen molar-refractivity contribution in [2.45, 2.75) is 26.8 Å². The molecular weight excluding hydrogens is 214 g/mol. The van der Waals surface area contributed by atoms with Gasteiger partial charge in [0.15, 0.2) is 11.6 Å². The molecule has 5 nitrogen and oxygen atoms in total. The predicted octanol–water partition coefficient (Wildman–Crippen LogP) is 2.18. The summed E-state index contributed by atoms with van der Waals surface area (Å²) in [5, 5.41) is 3.21. The average Bonchev–Trinajstić information content (AvgIpc) is 2.79. The highest BCUT2D eigenvalue weighted by molar-refractivity contribution is 5.65. The van der Waals surface area contributed by atoms with E-state index >= 15 is 0 Å². The van der Waals surface area contributed by atoms with Crippen molar-refractivity contribution in [2.24, 2.45) is 0 Å². The number of aromatic nitrogens is 4. The van der Waals surface area contributed by atoms with Gasteiger partial charge in [-0.1, -0.05) is 6.92 Å². The molecule has 0 unspecified atom stereocenters. The highest BCUT2D eigenvalue weighted by Gasteiger charge is 2.12. The van der Waals surface area contributed by atoms with Gasteiger partial charge in [-0.2, -0.15) is 0 Å². The van der Waals surface area contributed by atoms with Crippen molar-refractivity contribution in [3.8, 4) is 11.5 Å². The zero-order valence-electron chi connectivity index (χ0n) is 10.2. The minimum absolute atomic E-state index is 0.790. The third-order valence-electron chi connectivity index (χ3n) is 2.43. The van der Waals surface area contributed by atoms with Gasteiger partial charge in [0.05, 0.1) is 0 Å². The van der Waals surface area contributed by atoms with E-state index in [0.29, 0.717) is 0 Å². The summed E-state index contributed by atoms with van der Waals surface area (Å²) in [5.41, 5.74) is 0.813. The van der Waals surface area contributed by atoms with Crippen LogP contribution in [0.25, 0.3) is 11.5 Å². The molecular formula is C12H17N5. The Morgan fingerprint density at radius 1 is 1.12 bits per heavy atom. The van der Waals surface area contributed by atoms with Crippen LogP contribution in [0.1, 0.15) is 20.3 Å². The molecule has 2 heterocycles. The van der Waals surface area contributed by atoms with E-state index in [1.54, 1.807) is 18.6 Å². The van der Waals surface area contributed by atoms with E-state index in [9.17, 15) is 0 Å². The van der Waals surface area contributed by atoms with Crippen molar-refractivity contribution in [1.82, 2.24) is 19.5 Å². The number of aryl methyl sites for hydroxylation is 1. The SMILES string of the molecule is CCCn1ccnc1-c1nccnc1NCC. The fourth-order valence-electron chi connectivity index (χ4n) is 1.75. The van der Waals surface area contributed by atoms with Crippen molar-refractivity contribution in [3.05, 3.63) is 24.8 Å². The summed E-state index contributed by atoms with van der Waals surface area (Å²) in [5.74, 6) is 1.66. The number of anilines is 1. The molecule has 0 aromatic carbocycles. The molecule has 17 heavy (non-hydrogen) atoms. The molecule has 2 rings (SSSR count). The minimum atomic E-state index is 0.790. The average molecular weight is 231 g/mol. The van der Waals surface area contributed by atoms with Crippen LogP contribution in [0.4, 0.5) is 5.82 Å². The topological polar surface area (TPSA) is 55.6 Å². The maximum absolute atomic E-state index is 4.37. The monoisotopic (exact) mass is 231 g/mol. The third-order valence-corrected chi connectivity index (χ3v) is 2.43. The van der Waals surface area contributed by atoms with E-state index in [1.165, 1.54) is 0 Å². The molecule has 0 aliphatic heterocycles. The first-order valence-corrected chi connectivity index (χ1v) is 5.93. The van der Waals surface area contributed by atoms with Gasteiger partial charge in [-0.05, 0) is 13.3 Å². The van der Waals surface area contributed by atoms with E-state index in [4.69, 9.17) is 0 Å². The third kappa shape index (κ3) is 2.43. The Balaban J connectivity index is 2.41. The lowest BCUT2D eigenvalue weighted by Gasteiger charge is -2.09. The molecule has 0 atom stereocenters. The Kier molecular flexibility index (Phi) is 3.69. The van der Waals surface area contributed by atoms with Crippen molar-refractivity contribution in [1.29, 1.82) is 0 Å². The molecule has 5 heteroatoms. The fraction of sp³-hybridized carbons (Fsp3) is 0.417. The van der Waals surface area contributed by atoms with Crippen molar-refractivity contribution in [2.75, 3.05) is 11.9 Å². The fourth-order valence-corrected chi connectivity index (χ4v) is 1.75. The molecule has 0 radical (unpaired) electrons. The van der Waals surface area contributed by atoms with Crippen molar-refractivity contribution >= 4 is 5.82 Å². The number of rotatable bonds is 5. The first kappa shape index (κ1) is 11.6. The van der Waals surface area contributed by atoms with Crippen molar-refractivity contribution in [3.63, 3.8) is 0 Å². The molecule has 0 bridgehead atoms. The van der Waals surface area contributed by atoms with Crippen LogP contribution in [0.5, 0.6) is 0 Å². The Morgan fingerprint density at radius 3 is 2.71 bits per heavy atom. The molecule has 1 N–H and O–H groups in total. The lowest BCUT2D eigenvalue weighted by molar-refractivity contribution is 0.684. The smallest absolute Gasteiger partial charge is 0.162 e. The van der Waals surface area contributed by atoms with Crippen LogP contribution >= 0.6 is 0 Å². The second-order valence-electron chi connectivity index (χ2n) is 3.73. The van der Waals surface area contributed by atoms with Crippen LogP contribution in [-0.4, -0.2) is 26.1 Å². The van der Waals surface area contributed by atoms with Gasteiger partial charge in [-0.25, -0.2) is 15.0 Å². The number of hydrogen-bond donors (Lipinski definition) is 1. The highest BCUT2D eigenvalue weighted by atomic mass is 15.1. The molecule has 0 fully saturated rings. The summed E-state index contributed by atoms with van der Waals surface area (Å²) in [6.07, 6.45) is 8.23. The maximum Gasteiger partial charge on any atom is 0.162 e. The normalized spacial score (nSPS) is 10.5. The van der Waals surface area contributed by atoms with Gasteiger partial charge in [0, 0.05) is 37.9 Å². The van der Waals surface area contributed by atoms with Crippen LogP contribution in [0.15, 0.2) is 24.8 Å². The summed E-state index contributed by atoms with van der Waals surface area (Å²) in [4.78, 5) is 13.0. The maximum atomic E-state index is 4.37. The summed E-state index contributed by atoms with van der Waals surface area (Å²) < 4.78 is 2.10. The largest absolute Gasteiger partial charge is 0.368 e. The van der Waals surface area contributed by atoms with Gasteiger partial charge in [-0.3, -0.25) is 0 Å². The van der Waals surface area contributed by atoms with Gasteiger partial charge in [0.2, 0.25) is 0 Å². The molecule has 0 aliphatic carbocycles. The molecule has 90 valence electrons. The van der Waals surface area contributed by atoms with Crippen LogP contribution in [-0.2, 0) is 6.54 Å². The molecule has 0 spiro atoms. The van der Waals surface area contributed by atoms with Gasteiger partial charge in [0.1, 0.15) is 5.69 Å². The lowest BCUT2D eigenvalue weighted by Crippen LogP contribution is -2.06. The number of imidazole rings is 1.